The maximum absolute atomic E-state index is 5.34. The molecule has 0 saturated carbocycles. The van der Waals surface area contributed by atoms with E-state index in [2.05, 4.69) is 36.1 Å². The molecule has 0 amide bonds. The third-order valence-corrected chi connectivity index (χ3v) is 3.96. The predicted octanol–water partition coefficient (Wildman–Crippen LogP) is 2.83. The number of nitrogen functional groups attached to an aromatic ring is 1. The highest BCUT2D eigenvalue weighted by Gasteiger charge is 2.13. The fraction of sp³-hybridized carbons (Fsp3) is 0.750. The van der Waals surface area contributed by atoms with Crippen LogP contribution in [0.3, 0.4) is 0 Å². The summed E-state index contributed by atoms with van der Waals surface area (Å²) in [6, 6.07) is 0.623. The van der Waals surface area contributed by atoms with Crippen molar-refractivity contribution in [2.75, 3.05) is 12.0 Å². The van der Waals surface area contributed by atoms with Gasteiger partial charge in [0.05, 0.1) is 0 Å². The molecule has 17 heavy (non-hydrogen) atoms. The molecule has 3 N–H and O–H groups in total. The zero-order valence-corrected chi connectivity index (χ0v) is 11.9. The number of rotatable bonds is 8. The minimum Gasteiger partial charge on any atom is -0.300 e. The highest BCUT2D eigenvalue weighted by molar-refractivity contribution is 7.15. The molecule has 0 spiro atoms. The van der Waals surface area contributed by atoms with Crippen molar-refractivity contribution in [3.05, 3.63) is 11.1 Å². The third kappa shape index (κ3) is 4.61. The largest absolute Gasteiger partial charge is 0.300 e. The van der Waals surface area contributed by atoms with E-state index in [0.717, 1.165) is 18.2 Å². The maximum atomic E-state index is 5.34. The van der Waals surface area contributed by atoms with E-state index in [1.54, 1.807) is 11.3 Å². The van der Waals surface area contributed by atoms with Crippen LogP contribution >= 0.6 is 11.3 Å². The van der Waals surface area contributed by atoms with Gasteiger partial charge in [0.2, 0.25) is 0 Å². The molecule has 0 aliphatic carbocycles. The van der Waals surface area contributed by atoms with Crippen molar-refractivity contribution < 1.29 is 0 Å². The fourth-order valence-corrected chi connectivity index (χ4v) is 2.47. The number of hydrogen-bond acceptors (Lipinski definition) is 5. The van der Waals surface area contributed by atoms with Crippen LogP contribution in [0.15, 0.2) is 6.20 Å². The van der Waals surface area contributed by atoms with E-state index in [0.29, 0.717) is 6.04 Å². The summed E-state index contributed by atoms with van der Waals surface area (Å²) in [6.07, 6.45) is 5.60. The molecule has 0 radical (unpaired) electrons. The second-order valence-electron chi connectivity index (χ2n) is 4.36. The van der Waals surface area contributed by atoms with Gasteiger partial charge in [0.15, 0.2) is 5.13 Å². The number of thiazole rings is 1. The Hall–Kier alpha value is -0.650. The zero-order chi connectivity index (χ0) is 12.7. The molecule has 1 aromatic heterocycles. The highest BCUT2D eigenvalue weighted by Crippen LogP contribution is 2.20. The molecule has 1 aromatic rings. The van der Waals surface area contributed by atoms with Crippen molar-refractivity contribution in [1.29, 1.82) is 0 Å². The second-order valence-corrected chi connectivity index (χ2v) is 5.47. The van der Waals surface area contributed by atoms with Crippen molar-refractivity contribution in [3.8, 4) is 0 Å². The summed E-state index contributed by atoms with van der Waals surface area (Å²) in [5, 5.41) is 0.791. The molecule has 1 unspecified atom stereocenters. The Labute approximate surface area is 108 Å². The molecule has 1 heterocycles. The molecular weight excluding hydrogens is 232 g/mol. The minimum atomic E-state index is 0.623. The number of nitrogens with one attached hydrogen (secondary N) is 1. The van der Waals surface area contributed by atoms with Crippen LogP contribution in [-0.2, 0) is 6.54 Å². The van der Waals surface area contributed by atoms with Gasteiger partial charge in [-0.3, -0.25) is 10.3 Å². The van der Waals surface area contributed by atoms with Gasteiger partial charge in [0.1, 0.15) is 0 Å². The second kappa shape index (κ2) is 7.63. The number of aromatic nitrogens is 1. The molecule has 0 aliphatic rings. The Morgan fingerprint density at radius 3 is 2.82 bits per heavy atom. The summed E-state index contributed by atoms with van der Waals surface area (Å²) < 4.78 is 0. The van der Waals surface area contributed by atoms with Crippen LogP contribution in [0.25, 0.3) is 0 Å². The van der Waals surface area contributed by atoms with Gasteiger partial charge in [0.25, 0.3) is 0 Å². The van der Waals surface area contributed by atoms with Crippen molar-refractivity contribution in [3.63, 3.8) is 0 Å². The van der Waals surface area contributed by atoms with Crippen molar-refractivity contribution in [2.24, 2.45) is 5.84 Å². The SMILES string of the molecule is CCCCN(Cc1cnc(NN)s1)C(C)CC. The van der Waals surface area contributed by atoms with Crippen LogP contribution in [0.2, 0.25) is 0 Å². The summed E-state index contributed by atoms with van der Waals surface area (Å²) in [5.41, 5.74) is 2.60. The van der Waals surface area contributed by atoms with Crippen LogP contribution in [0.4, 0.5) is 5.13 Å². The Balaban J connectivity index is 2.57. The molecule has 1 rings (SSSR count). The number of nitrogens with two attached hydrogens (primary N) is 1. The lowest BCUT2D eigenvalue weighted by Crippen LogP contribution is -2.32. The number of anilines is 1. The highest BCUT2D eigenvalue weighted by atomic mass is 32.1. The van der Waals surface area contributed by atoms with E-state index in [1.165, 1.54) is 24.1 Å². The Morgan fingerprint density at radius 1 is 1.53 bits per heavy atom. The molecule has 1 atom stereocenters. The molecule has 0 saturated heterocycles. The van der Waals surface area contributed by atoms with Gasteiger partial charge >= 0.3 is 0 Å². The topological polar surface area (TPSA) is 54.2 Å². The van der Waals surface area contributed by atoms with Gasteiger partial charge in [-0.15, -0.1) is 0 Å². The first-order valence-electron chi connectivity index (χ1n) is 6.36. The lowest BCUT2D eigenvalue weighted by Gasteiger charge is -2.27. The quantitative estimate of drug-likeness (QED) is 0.555. The first kappa shape index (κ1) is 14.4. The smallest absolute Gasteiger partial charge is 0.197 e. The lowest BCUT2D eigenvalue weighted by molar-refractivity contribution is 0.194. The molecule has 0 bridgehead atoms. The van der Waals surface area contributed by atoms with Gasteiger partial charge in [0, 0.05) is 23.7 Å². The molecular formula is C12H24N4S. The van der Waals surface area contributed by atoms with E-state index in [9.17, 15) is 0 Å². The molecule has 0 fully saturated rings. The summed E-state index contributed by atoms with van der Waals surface area (Å²) in [5.74, 6) is 5.34. The van der Waals surface area contributed by atoms with E-state index < -0.39 is 0 Å². The van der Waals surface area contributed by atoms with Gasteiger partial charge in [-0.2, -0.15) is 0 Å². The predicted molar refractivity (Wildman–Crippen MR) is 75.0 cm³/mol. The first-order valence-corrected chi connectivity index (χ1v) is 7.18. The van der Waals surface area contributed by atoms with Crippen LogP contribution < -0.4 is 11.3 Å². The maximum Gasteiger partial charge on any atom is 0.197 e. The third-order valence-electron chi connectivity index (χ3n) is 3.05. The summed E-state index contributed by atoms with van der Waals surface area (Å²) in [7, 11) is 0. The number of hydrogen-bond donors (Lipinski definition) is 2. The average Bonchev–Trinajstić information content (AvgIpc) is 2.81. The molecule has 0 aromatic carbocycles. The first-order chi connectivity index (χ1) is 8.21. The van der Waals surface area contributed by atoms with E-state index in [4.69, 9.17) is 5.84 Å². The van der Waals surface area contributed by atoms with Crippen LogP contribution in [0, 0.1) is 0 Å². The van der Waals surface area contributed by atoms with Crippen molar-refractivity contribution in [2.45, 2.75) is 52.6 Å². The number of unbranched alkanes of at least 4 members (excludes halogenated alkanes) is 1. The standard InChI is InChI=1S/C12H24N4S/c1-4-6-7-16(10(3)5-2)9-11-8-14-12(15-13)17-11/h8,10H,4-7,9,13H2,1-3H3,(H,14,15). The zero-order valence-electron chi connectivity index (χ0n) is 11.1. The summed E-state index contributed by atoms with van der Waals surface area (Å²) in [4.78, 5) is 8.01. The Kier molecular flexibility index (Phi) is 6.47. The Morgan fingerprint density at radius 2 is 2.29 bits per heavy atom. The van der Waals surface area contributed by atoms with Crippen LogP contribution in [0.1, 0.15) is 44.9 Å². The van der Waals surface area contributed by atoms with Crippen molar-refractivity contribution in [1.82, 2.24) is 9.88 Å². The molecule has 0 aliphatic heterocycles. The summed E-state index contributed by atoms with van der Waals surface area (Å²) in [6.45, 7) is 8.91. The van der Waals surface area contributed by atoms with Crippen LogP contribution in [-0.4, -0.2) is 22.5 Å². The molecule has 98 valence electrons. The monoisotopic (exact) mass is 256 g/mol. The van der Waals surface area contributed by atoms with E-state index in [-0.39, 0.29) is 0 Å². The van der Waals surface area contributed by atoms with Gasteiger partial charge < -0.3 is 0 Å². The number of nitrogens with zero attached hydrogens (tertiary/aromatic N) is 2. The normalized spacial score (nSPS) is 13.0. The van der Waals surface area contributed by atoms with Gasteiger partial charge in [-0.25, -0.2) is 10.8 Å². The Bertz CT molecular complexity index is 313. The van der Waals surface area contributed by atoms with E-state index >= 15 is 0 Å². The molecule has 4 nitrogen and oxygen atoms in total. The van der Waals surface area contributed by atoms with Crippen molar-refractivity contribution >= 4 is 16.5 Å². The molecule has 5 heteroatoms. The van der Waals surface area contributed by atoms with E-state index in [1.807, 2.05) is 6.20 Å². The summed E-state index contributed by atoms with van der Waals surface area (Å²) >= 11 is 1.63. The number of hydrazine groups is 1. The fourth-order valence-electron chi connectivity index (χ4n) is 1.72. The van der Waals surface area contributed by atoms with Gasteiger partial charge in [-0.05, 0) is 26.3 Å². The van der Waals surface area contributed by atoms with Crippen LogP contribution in [0.5, 0.6) is 0 Å². The average molecular weight is 256 g/mol. The lowest BCUT2D eigenvalue weighted by atomic mass is 10.2. The van der Waals surface area contributed by atoms with Gasteiger partial charge in [-0.1, -0.05) is 31.6 Å². The minimum absolute atomic E-state index is 0.623.